The summed E-state index contributed by atoms with van der Waals surface area (Å²) in [5.41, 5.74) is -0.0445. The van der Waals surface area contributed by atoms with Crippen LogP contribution in [-0.4, -0.2) is 40.3 Å². The van der Waals surface area contributed by atoms with Crippen LogP contribution in [0.25, 0.3) is 0 Å². The predicted octanol–water partition coefficient (Wildman–Crippen LogP) is 2.83. The maximum absolute atomic E-state index is 12.3. The van der Waals surface area contributed by atoms with Crippen LogP contribution < -0.4 is 0 Å². The summed E-state index contributed by atoms with van der Waals surface area (Å²) in [5.74, 6) is 1.67. The summed E-state index contributed by atoms with van der Waals surface area (Å²) in [5, 5.41) is 10.7. The third kappa shape index (κ3) is 2.84. The first kappa shape index (κ1) is 14.1. The van der Waals surface area contributed by atoms with Gasteiger partial charge in [-0.3, -0.25) is 14.9 Å². The van der Waals surface area contributed by atoms with E-state index in [9.17, 15) is 14.9 Å². The van der Waals surface area contributed by atoms with Gasteiger partial charge in [-0.15, -0.1) is 0 Å². The summed E-state index contributed by atoms with van der Waals surface area (Å²) in [7, 11) is 1.72. The van der Waals surface area contributed by atoms with Crippen molar-refractivity contribution in [3.8, 4) is 0 Å². The minimum absolute atomic E-state index is 0.0880. The molecule has 1 unspecified atom stereocenters. The number of nitrogens with zero attached hydrogens (tertiary/aromatic N) is 2. The van der Waals surface area contributed by atoms with E-state index in [0.717, 1.165) is 17.9 Å². The number of carbonyl (C=O) groups excluding carboxylic acids is 1. The maximum atomic E-state index is 12.3. The number of nitro groups is 1. The van der Waals surface area contributed by atoms with Crippen LogP contribution in [0.15, 0.2) is 18.2 Å². The molecule has 0 radical (unpaired) electrons. The third-order valence-electron chi connectivity index (χ3n) is 3.18. The van der Waals surface area contributed by atoms with Crippen molar-refractivity contribution in [2.75, 3.05) is 18.6 Å². The second kappa shape index (κ2) is 5.79. The molecule has 1 aromatic rings. The van der Waals surface area contributed by atoms with Crippen molar-refractivity contribution in [2.24, 2.45) is 0 Å². The molecule has 1 heterocycles. The molecule has 7 heteroatoms. The minimum atomic E-state index is -0.579. The molecule has 0 aromatic heterocycles. The molecule has 1 aliphatic heterocycles. The Morgan fingerprint density at radius 1 is 1.58 bits per heavy atom. The number of carbonyl (C=O) groups is 1. The standard InChI is InChI=1S/C12H13ClN2O3S/c1-14(8-5-6-19-7-8)12(16)9-3-2-4-10(11(9)13)15(17)18/h2-4,8H,5-7H2,1H3. The van der Waals surface area contributed by atoms with E-state index in [1.165, 1.54) is 18.2 Å². The van der Waals surface area contributed by atoms with Crippen molar-refractivity contribution in [1.29, 1.82) is 0 Å². The van der Waals surface area contributed by atoms with Crippen molar-refractivity contribution in [3.63, 3.8) is 0 Å². The van der Waals surface area contributed by atoms with E-state index < -0.39 is 4.92 Å². The van der Waals surface area contributed by atoms with Crippen molar-refractivity contribution >= 4 is 35.0 Å². The zero-order valence-electron chi connectivity index (χ0n) is 10.3. The van der Waals surface area contributed by atoms with Crippen LogP contribution in [0.1, 0.15) is 16.8 Å². The molecule has 1 fully saturated rings. The maximum Gasteiger partial charge on any atom is 0.288 e. The SMILES string of the molecule is CN(C(=O)c1cccc([N+](=O)[O-])c1Cl)C1CCSC1. The molecular weight excluding hydrogens is 288 g/mol. The Labute approximate surface area is 120 Å². The van der Waals surface area contributed by atoms with Gasteiger partial charge in [0.1, 0.15) is 5.02 Å². The molecule has 0 N–H and O–H groups in total. The Hall–Kier alpha value is -1.27. The van der Waals surface area contributed by atoms with Gasteiger partial charge in [0, 0.05) is 24.9 Å². The van der Waals surface area contributed by atoms with Gasteiger partial charge < -0.3 is 4.90 Å². The average Bonchev–Trinajstić information content (AvgIpc) is 2.90. The van der Waals surface area contributed by atoms with Crippen LogP contribution in [0.2, 0.25) is 5.02 Å². The van der Waals surface area contributed by atoms with Crippen molar-refractivity contribution in [1.82, 2.24) is 4.90 Å². The van der Waals surface area contributed by atoms with Gasteiger partial charge in [0.2, 0.25) is 0 Å². The number of halogens is 1. The fraction of sp³-hybridized carbons (Fsp3) is 0.417. The molecule has 2 rings (SSSR count). The van der Waals surface area contributed by atoms with Crippen molar-refractivity contribution in [3.05, 3.63) is 38.9 Å². The number of amides is 1. The van der Waals surface area contributed by atoms with Gasteiger partial charge in [-0.25, -0.2) is 0 Å². The molecule has 0 aliphatic carbocycles. The zero-order chi connectivity index (χ0) is 14.0. The van der Waals surface area contributed by atoms with Crippen LogP contribution in [0.4, 0.5) is 5.69 Å². The highest BCUT2D eigenvalue weighted by atomic mass is 35.5. The van der Waals surface area contributed by atoms with Gasteiger partial charge in [0.15, 0.2) is 0 Å². The van der Waals surface area contributed by atoms with E-state index in [1.807, 2.05) is 0 Å². The first-order chi connectivity index (χ1) is 9.02. The monoisotopic (exact) mass is 300 g/mol. The second-order valence-corrected chi connectivity index (χ2v) is 5.86. The highest BCUT2D eigenvalue weighted by molar-refractivity contribution is 7.99. The van der Waals surface area contributed by atoms with Crippen LogP contribution >= 0.6 is 23.4 Å². The summed E-state index contributed by atoms with van der Waals surface area (Å²) >= 11 is 7.76. The first-order valence-electron chi connectivity index (χ1n) is 5.80. The molecule has 1 aromatic carbocycles. The lowest BCUT2D eigenvalue weighted by Gasteiger charge is -2.24. The van der Waals surface area contributed by atoms with Crippen LogP contribution in [0, 0.1) is 10.1 Å². The highest BCUT2D eigenvalue weighted by Crippen LogP contribution is 2.30. The van der Waals surface area contributed by atoms with Gasteiger partial charge in [0.25, 0.3) is 11.6 Å². The Morgan fingerprint density at radius 3 is 2.89 bits per heavy atom. The number of thioether (sulfide) groups is 1. The van der Waals surface area contributed by atoms with Gasteiger partial charge in [-0.05, 0) is 18.2 Å². The van der Waals surface area contributed by atoms with E-state index in [4.69, 9.17) is 11.6 Å². The third-order valence-corrected chi connectivity index (χ3v) is 4.72. The number of hydrogen-bond donors (Lipinski definition) is 0. The number of rotatable bonds is 3. The molecular formula is C12H13ClN2O3S. The second-order valence-electron chi connectivity index (χ2n) is 4.33. The van der Waals surface area contributed by atoms with E-state index in [-0.39, 0.29) is 28.2 Å². The quantitative estimate of drug-likeness (QED) is 0.636. The lowest BCUT2D eigenvalue weighted by Crippen LogP contribution is -2.37. The molecule has 1 amide bonds. The molecule has 1 aliphatic rings. The molecule has 1 atom stereocenters. The summed E-state index contributed by atoms with van der Waals surface area (Å²) in [6.45, 7) is 0. The Balaban J connectivity index is 2.28. The van der Waals surface area contributed by atoms with Gasteiger partial charge >= 0.3 is 0 Å². The molecule has 1 saturated heterocycles. The topological polar surface area (TPSA) is 63.5 Å². The van der Waals surface area contributed by atoms with Gasteiger partial charge in [-0.1, -0.05) is 17.7 Å². The molecule has 19 heavy (non-hydrogen) atoms. The zero-order valence-corrected chi connectivity index (χ0v) is 11.9. The molecule has 0 spiro atoms. The Morgan fingerprint density at radius 2 is 2.32 bits per heavy atom. The fourth-order valence-electron chi connectivity index (χ4n) is 2.01. The molecule has 5 nitrogen and oxygen atoms in total. The lowest BCUT2D eigenvalue weighted by molar-refractivity contribution is -0.384. The molecule has 0 bridgehead atoms. The van der Waals surface area contributed by atoms with E-state index in [1.54, 1.807) is 23.7 Å². The van der Waals surface area contributed by atoms with E-state index >= 15 is 0 Å². The predicted molar refractivity (Wildman–Crippen MR) is 75.9 cm³/mol. The summed E-state index contributed by atoms with van der Waals surface area (Å²) in [6.07, 6.45) is 0.944. The van der Waals surface area contributed by atoms with Crippen LogP contribution in [0.5, 0.6) is 0 Å². The summed E-state index contributed by atoms with van der Waals surface area (Å²) in [6, 6.07) is 4.47. The number of benzene rings is 1. The van der Waals surface area contributed by atoms with Gasteiger partial charge in [-0.2, -0.15) is 11.8 Å². The fourth-order valence-corrected chi connectivity index (χ4v) is 3.55. The number of hydrogen-bond acceptors (Lipinski definition) is 4. The van der Waals surface area contributed by atoms with Crippen LogP contribution in [0.3, 0.4) is 0 Å². The van der Waals surface area contributed by atoms with E-state index in [0.29, 0.717) is 0 Å². The number of nitro benzene ring substituents is 1. The first-order valence-corrected chi connectivity index (χ1v) is 7.33. The molecule has 0 saturated carbocycles. The van der Waals surface area contributed by atoms with Crippen molar-refractivity contribution in [2.45, 2.75) is 12.5 Å². The largest absolute Gasteiger partial charge is 0.338 e. The smallest absolute Gasteiger partial charge is 0.288 e. The van der Waals surface area contributed by atoms with Crippen molar-refractivity contribution < 1.29 is 9.72 Å². The van der Waals surface area contributed by atoms with Crippen LogP contribution in [-0.2, 0) is 0 Å². The highest BCUT2D eigenvalue weighted by Gasteiger charge is 2.28. The summed E-state index contributed by atoms with van der Waals surface area (Å²) in [4.78, 5) is 24.2. The average molecular weight is 301 g/mol. The Bertz CT molecular complexity index is 518. The minimum Gasteiger partial charge on any atom is -0.338 e. The normalized spacial score (nSPS) is 18.3. The summed E-state index contributed by atoms with van der Waals surface area (Å²) < 4.78 is 0. The Kier molecular flexibility index (Phi) is 4.31. The lowest BCUT2D eigenvalue weighted by atomic mass is 10.1. The molecule has 102 valence electrons. The van der Waals surface area contributed by atoms with E-state index in [2.05, 4.69) is 0 Å². The van der Waals surface area contributed by atoms with Gasteiger partial charge in [0.05, 0.1) is 10.5 Å².